The van der Waals surface area contributed by atoms with Crippen LogP contribution in [0.25, 0.3) is 0 Å². The molecule has 0 atom stereocenters. The molecule has 1 aromatic carbocycles. The van der Waals surface area contributed by atoms with E-state index in [0.717, 1.165) is 22.9 Å². The molecule has 1 fully saturated rings. The monoisotopic (exact) mass is 325 g/mol. The van der Waals surface area contributed by atoms with Gasteiger partial charge in [0, 0.05) is 17.1 Å². The van der Waals surface area contributed by atoms with Gasteiger partial charge in [0.05, 0.1) is 12.8 Å². The summed E-state index contributed by atoms with van der Waals surface area (Å²) >= 11 is 3.38. The smallest absolute Gasteiger partial charge is 0.305 e. The van der Waals surface area contributed by atoms with E-state index in [-0.39, 0.29) is 18.4 Å². The third-order valence-corrected chi connectivity index (χ3v) is 3.61. The largest absolute Gasteiger partial charge is 0.481 e. The third kappa shape index (κ3) is 4.35. The van der Waals surface area contributed by atoms with Gasteiger partial charge in [-0.05, 0) is 30.5 Å². The van der Waals surface area contributed by atoms with Crippen molar-refractivity contribution >= 4 is 27.8 Å². The highest BCUT2D eigenvalue weighted by molar-refractivity contribution is 9.10. The highest BCUT2D eigenvalue weighted by Gasteiger charge is 2.32. The van der Waals surface area contributed by atoms with Crippen molar-refractivity contribution in [2.45, 2.75) is 31.7 Å². The number of carboxylic acids is 1. The molecule has 0 heterocycles. The number of carboxylic acid groups (broad SMARTS) is 1. The zero-order valence-electron chi connectivity index (χ0n) is 10.5. The number of nitrogens with zero attached hydrogens (tertiary/aromatic N) is 1. The lowest BCUT2D eigenvalue weighted by molar-refractivity contribution is -0.138. The molecule has 0 saturated heterocycles. The predicted molar refractivity (Wildman–Crippen MR) is 74.8 cm³/mol. The number of benzene rings is 1. The van der Waals surface area contributed by atoms with Gasteiger partial charge in [0.25, 0.3) is 0 Å². The Hall–Kier alpha value is -1.36. The average Bonchev–Trinajstić information content (AvgIpc) is 3.13. The van der Waals surface area contributed by atoms with Crippen molar-refractivity contribution in [3.05, 3.63) is 34.3 Å². The van der Waals surface area contributed by atoms with Gasteiger partial charge >= 0.3 is 5.97 Å². The normalized spacial score (nSPS) is 14.2. The summed E-state index contributed by atoms with van der Waals surface area (Å²) in [6.07, 6.45) is 2.32. The Balaban J connectivity index is 1.97. The lowest BCUT2D eigenvalue weighted by Crippen LogP contribution is -2.36. The standard InChI is InChI=1S/C14H16BrNO3/c15-11-3-1-2-10(8-11)9-13(17)16(12-4-5-12)7-6-14(18)19/h1-3,8,12H,4-7,9H2,(H,18,19). The van der Waals surface area contributed by atoms with Gasteiger partial charge in [-0.2, -0.15) is 0 Å². The maximum absolute atomic E-state index is 12.2. The summed E-state index contributed by atoms with van der Waals surface area (Å²) in [7, 11) is 0. The predicted octanol–water partition coefficient (Wildman–Crippen LogP) is 2.46. The number of halogens is 1. The van der Waals surface area contributed by atoms with Crippen LogP contribution in [0.15, 0.2) is 28.7 Å². The van der Waals surface area contributed by atoms with Crippen LogP contribution < -0.4 is 0 Å². The van der Waals surface area contributed by atoms with Crippen LogP contribution in [0.2, 0.25) is 0 Å². The van der Waals surface area contributed by atoms with Crippen LogP contribution in [0, 0.1) is 0 Å². The number of rotatable bonds is 6. The van der Waals surface area contributed by atoms with E-state index < -0.39 is 5.97 Å². The van der Waals surface area contributed by atoms with E-state index in [0.29, 0.717) is 13.0 Å². The first-order valence-electron chi connectivity index (χ1n) is 6.32. The number of hydrogen-bond donors (Lipinski definition) is 1. The Kier molecular flexibility index (Phi) is 4.58. The summed E-state index contributed by atoms with van der Waals surface area (Å²) < 4.78 is 0.946. The van der Waals surface area contributed by atoms with Crippen molar-refractivity contribution in [3.63, 3.8) is 0 Å². The molecule has 4 nitrogen and oxygen atoms in total. The number of carbonyl (C=O) groups excluding carboxylic acids is 1. The van der Waals surface area contributed by atoms with Gasteiger partial charge in [0.15, 0.2) is 0 Å². The molecular formula is C14H16BrNO3. The van der Waals surface area contributed by atoms with E-state index in [2.05, 4.69) is 15.9 Å². The molecule has 5 heteroatoms. The van der Waals surface area contributed by atoms with Gasteiger partial charge in [0.2, 0.25) is 5.91 Å². The fraction of sp³-hybridized carbons (Fsp3) is 0.429. The number of carbonyl (C=O) groups is 2. The molecule has 2 rings (SSSR count). The maximum Gasteiger partial charge on any atom is 0.305 e. The van der Waals surface area contributed by atoms with Gasteiger partial charge in [-0.1, -0.05) is 28.1 Å². The van der Waals surface area contributed by atoms with E-state index in [4.69, 9.17) is 5.11 Å². The minimum atomic E-state index is -0.860. The molecule has 0 radical (unpaired) electrons. The van der Waals surface area contributed by atoms with Gasteiger partial charge in [0.1, 0.15) is 0 Å². The molecule has 0 bridgehead atoms. The van der Waals surface area contributed by atoms with E-state index >= 15 is 0 Å². The molecule has 1 amide bonds. The van der Waals surface area contributed by atoms with Crippen LogP contribution in [0.5, 0.6) is 0 Å². The van der Waals surface area contributed by atoms with Crippen LogP contribution in [0.3, 0.4) is 0 Å². The third-order valence-electron chi connectivity index (χ3n) is 3.12. The second-order valence-electron chi connectivity index (χ2n) is 4.77. The first kappa shape index (κ1) is 14.1. The van der Waals surface area contributed by atoms with E-state index in [1.54, 1.807) is 4.90 Å². The summed E-state index contributed by atoms with van der Waals surface area (Å²) in [4.78, 5) is 24.6. The number of amides is 1. The summed E-state index contributed by atoms with van der Waals surface area (Å²) in [6, 6.07) is 7.88. The molecule has 1 aliphatic carbocycles. The van der Waals surface area contributed by atoms with Crippen LogP contribution in [-0.4, -0.2) is 34.5 Å². The molecule has 1 saturated carbocycles. The molecule has 0 aromatic heterocycles. The summed E-state index contributed by atoms with van der Waals surface area (Å²) in [6.45, 7) is 0.312. The molecule has 1 aromatic rings. The van der Waals surface area contributed by atoms with Gasteiger partial charge in [-0.3, -0.25) is 9.59 Å². The van der Waals surface area contributed by atoms with Gasteiger partial charge in [-0.15, -0.1) is 0 Å². The number of aliphatic carboxylic acids is 1. The second kappa shape index (κ2) is 6.19. The quantitative estimate of drug-likeness (QED) is 0.874. The first-order chi connectivity index (χ1) is 9.06. The minimum Gasteiger partial charge on any atom is -0.481 e. The summed E-state index contributed by atoms with van der Waals surface area (Å²) in [5, 5.41) is 8.73. The van der Waals surface area contributed by atoms with Crippen molar-refractivity contribution in [2.75, 3.05) is 6.54 Å². The Morgan fingerprint density at radius 1 is 1.37 bits per heavy atom. The number of hydrogen-bond acceptors (Lipinski definition) is 2. The van der Waals surface area contributed by atoms with Crippen LogP contribution in [0.1, 0.15) is 24.8 Å². The zero-order valence-corrected chi connectivity index (χ0v) is 12.1. The van der Waals surface area contributed by atoms with E-state index in [1.165, 1.54) is 0 Å². The highest BCUT2D eigenvalue weighted by Crippen LogP contribution is 2.27. The summed E-state index contributed by atoms with van der Waals surface area (Å²) in [5.41, 5.74) is 0.945. The van der Waals surface area contributed by atoms with Crippen molar-refractivity contribution in [1.82, 2.24) is 4.90 Å². The van der Waals surface area contributed by atoms with Crippen molar-refractivity contribution < 1.29 is 14.7 Å². The Bertz CT molecular complexity index is 485. The second-order valence-corrected chi connectivity index (χ2v) is 5.68. The van der Waals surface area contributed by atoms with Crippen molar-refractivity contribution in [1.29, 1.82) is 0 Å². The fourth-order valence-electron chi connectivity index (χ4n) is 2.04. The van der Waals surface area contributed by atoms with Gasteiger partial charge < -0.3 is 10.0 Å². The minimum absolute atomic E-state index is 0.0146. The first-order valence-corrected chi connectivity index (χ1v) is 7.11. The zero-order chi connectivity index (χ0) is 13.8. The molecule has 0 aliphatic heterocycles. The van der Waals surface area contributed by atoms with Crippen molar-refractivity contribution in [2.24, 2.45) is 0 Å². The van der Waals surface area contributed by atoms with Gasteiger partial charge in [-0.25, -0.2) is 0 Å². The Labute approximate surface area is 120 Å². The van der Waals surface area contributed by atoms with Crippen LogP contribution >= 0.6 is 15.9 Å². The van der Waals surface area contributed by atoms with Crippen LogP contribution in [-0.2, 0) is 16.0 Å². The van der Waals surface area contributed by atoms with Crippen molar-refractivity contribution in [3.8, 4) is 0 Å². The molecular weight excluding hydrogens is 310 g/mol. The highest BCUT2D eigenvalue weighted by atomic mass is 79.9. The Morgan fingerprint density at radius 2 is 2.11 bits per heavy atom. The molecule has 102 valence electrons. The maximum atomic E-state index is 12.2. The summed E-state index contributed by atoms with van der Waals surface area (Å²) in [5.74, 6) is -0.845. The molecule has 1 aliphatic rings. The lowest BCUT2D eigenvalue weighted by Gasteiger charge is -2.21. The molecule has 0 spiro atoms. The Morgan fingerprint density at radius 3 is 2.68 bits per heavy atom. The van der Waals surface area contributed by atoms with E-state index in [1.807, 2.05) is 24.3 Å². The topological polar surface area (TPSA) is 57.6 Å². The molecule has 0 unspecified atom stereocenters. The van der Waals surface area contributed by atoms with E-state index in [9.17, 15) is 9.59 Å². The molecule has 1 N–H and O–H groups in total. The lowest BCUT2D eigenvalue weighted by atomic mass is 10.1. The average molecular weight is 326 g/mol. The SMILES string of the molecule is O=C(O)CCN(C(=O)Cc1cccc(Br)c1)C1CC1. The fourth-order valence-corrected chi connectivity index (χ4v) is 2.48. The van der Waals surface area contributed by atoms with Crippen LogP contribution in [0.4, 0.5) is 0 Å². The molecule has 19 heavy (non-hydrogen) atoms.